The van der Waals surface area contributed by atoms with Gasteiger partial charge < -0.3 is 10.2 Å². The molecule has 2 N–H and O–H groups in total. The fourth-order valence-electron chi connectivity index (χ4n) is 2.11. The summed E-state index contributed by atoms with van der Waals surface area (Å²) in [5, 5.41) is 21.5. The third-order valence-corrected chi connectivity index (χ3v) is 3.49. The first-order chi connectivity index (χ1) is 10.9. The van der Waals surface area contributed by atoms with Crippen LogP contribution in [-0.4, -0.2) is 46.5 Å². The molecule has 6 heteroatoms. The van der Waals surface area contributed by atoms with Gasteiger partial charge in [-0.25, -0.2) is 9.59 Å². The van der Waals surface area contributed by atoms with Crippen molar-refractivity contribution in [3.63, 3.8) is 0 Å². The highest BCUT2D eigenvalue weighted by molar-refractivity contribution is 6.27. The Morgan fingerprint density at radius 3 is 2.00 bits per heavy atom. The first-order valence-corrected chi connectivity index (χ1v) is 7.75. The fourth-order valence-corrected chi connectivity index (χ4v) is 2.11. The Hall–Kier alpha value is -2.37. The van der Waals surface area contributed by atoms with Gasteiger partial charge in [0.2, 0.25) is 0 Å². The zero-order chi connectivity index (χ0) is 17.2. The average Bonchev–Trinajstić information content (AvgIpc) is 2.55. The largest absolute Gasteiger partial charge is 0.473 e. The molecule has 0 unspecified atom stereocenters. The van der Waals surface area contributed by atoms with Crippen LogP contribution in [0.1, 0.15) is 50.2 Å². The first-order valence-electron chi connectivity index (χ1n) is 7.75. The zero-order valence-electron chi connectivity index (χ0n) is 13.6. The van der Waals surface area contributed by atoms with Crippen molar-refractivity contribution in [1.82, 2.24) is 5.01 Å². The van der Waals surface area contributed by atoms with Crippen LogP contribution in [-0.2, 0) is 9.59 Å². The van der Waals surface area contributed by atoms with E-state index in [-0.39, 0.29) is 0 Å². The molecule has 0 amide bonds. The lowest BCUT2D eigenvalue weighted by atomic mass is 10.0. The van der Waals surface area contributed by atoms with E-state index < -0.39 is 11.9 Å². The Labute approximate surface area is 136 Å². The quantitative estimate of drug-likeness (QED) is 0.660. The maximum Gasteiger partial charge on any atom is 0.414 e. The van der Waals surface area contributed by atoms with E-state index in [1.807, 2.05) is 6.21 Å². The molecule has 0 radical (unpaired) electrons. The molecule has 0 bridgehead atoms. The minimum atomic E-state index is -1.82. The molecule has 126 valence electrons. The molecule has 1 aliphatic heterocycles. The molecule has 1 aromatic rings. The molecule has 0 aliphatic carbocycles. The number of hydrogen-bond donors (Lipinski definition) is 2. The minimum Gasteiger partial charge on any atom is -0.473 e. The van der Waals surface area contributed by atoms with Crippen LogP contribution in [0.4, 0.5) is 0 Å². The lowest BCUT2D eigenvalue weighted by Crippen LogP contribution is -2.24. The highest BCUT2D eigenvalue weighted by Gasteiger charge is 2.06. The number of hydrazone groups is 1. The van der Waals surface area contributed by atoms with Gasteiger partial charge in [0.1, 0.15) is 0 Å². The van der Waals surface area contributed by atoms with Gasteiger partial charge in [-0.1, -0.05) is 38.1 Å². The van der Waals surface area contributed by atoms with Gasteiger partial charge in [0.25, 0.3) is 0 Å². The number of aliphatic carboxylic acids is 2. The SMILES string of the molecule is CC(C)c1ccc(/C=N/N2CCCCC2)cc1.O=C(O)C(=O)O. The van der Waals surface area contributed by atoms with Gasteiger partial charge in [0.05, 0.1) is 6.21 Å². The van der Waals surface area contributed by atoms with E-state index in [0.29, 0.717) is 5.92 Å². The number of piperidine rings is 1. The summed E-state index contributed by atoms with van der Waals surface area (Å²) in [5.74, 6) is -3.05. The topological polar surface area (TPSA) is 90.2 Å². The van der Waals surface area contributed by atoms with Gasteiger partial charge in [0, 0.05) is 13.1 Å². The molecule has 0 saturated carbocycles. The lowest BCUT2D eigenvalue weighted by Gasteiger charge is -2.23. The molecule has 23 heavy (non-hydrogen) atoms. The van der Waals surface area contributed by atoms with E-state index in [2.05, 4.69) is 48.2 Å². The molecule has 0 atom stereocenters. The van der Waals surface area contributed by atoms with E-state index in [0.717, 1.165) is 13.1 Å². The van der Waals surface area contributed by atoms with Crippen LogP contribution in [0.25, 0.3) is 0 Å². The van der Waals surface area contributed by atoms with Crippen LogP contribution in [0.3, 0.4) is 0 Å². The summed E-state index contributed by atoms with van der Waals surface area (Å²) in [4.78, 5) is 18.2. The Morgan fingerprint density at radius 2 is 1.57 bits per heavy atom. The second kappa shape index (κ2) is 9.61. The lowest BCUT2D eigenvalue weighted by molar-refractivity contribution is -0.159. The Morgan fingerprint density at radius 1 is 1.04 bits per heavy atom. The van der Waals surface area contributed by atoms with Gasteiger partial charge in [0.15, 0.2) is 0 Å². The van der Waals surface area contributed by atoms with Crippen LogP contribution < -0.4 is 0 Å². The fraction of sp³-hybridized carbons (Fsp3) is 0.471. The molecular formula is C17H24N2O4. The molecule has 1 aromatic carbocycles. The Kier molecular flexibility index (Phi) is 7.80. The Bertz CT molecular complexity index is 520. The van der Waals surface area contributed by atoms with Crippen LogP contribution >= 0.6 is 0 Å². The van der Waals surface area contributed by atoms with Crippen LogP contribution in [0.2, 0.25) is 0 Å². The molecule has 1 saturated heterocycles. The summed E-state index contributed by atoms with van der Waals surface area (Å²) in [6.45, 7) is 6.66. The number of rotatable bonds is 3. The van der Waals surface area contributed by atoms with E-state index in [1.165, 1.54) is 30.4 Å². The maximum absolute atomic E-state index is 9.10. The van der Waals surface area contributed by atoms with E-state index in [1.54, 1.807) is 0 Å². The summed E-state index contributed by atoms with van der Waals surface area (Å²) in [6, 6.07) is 8.70. The number of carboxylic acids is 2. The molecule has 2 rings (SSSR count). The van der Waals surface area contributed by atoms with Gasteiger partial charge in [-0.05, 0) is 36.3 Å². The monoisotopic (exact) mass is 320 g/mol. The minimum absolute atomic E-state index is 0.600. The van der Waals surface area contributed by atoms with Crippen LogP contribution in [0.5, 0.6) is 0 Å². The Balaban J connectivity index is 0.000000379. The predicted molar refractivity (Wildman–Crippen MR) is 88.8 cm³/mol. The average molecular weight is 320 g/mol. The van der Waals surface area contributed by atoms with Crippen molar-refractivity contribution in [2.75, 3.05) is 13.1 Å². The van der Waals surface area contributed by atoms with Crippen LogP contribution in [0.15, 0.2) is 29.4 Å². The van der Waals surface area contributed by atoms with Gasteiger partial charge in [-0.3, -0.25) is 5.01 Å². The third-order valence-electron chi connectivity index (χ3n) is 3.49. The standard InChI is InChI=1S/C15H22N2.C2H2O4/c1-13(2)15-8-6-14(7-9-15)12-16-17-10-4-3-5-11-17;3-1(4)2(5)6/h6-9,12-13H,3-5,10-11H2,1-2H3;(H,3,4)(H,5,6)/b16-12+;. The summed E-state index contributed by atoms with van der Waals surface area (Å²) in [5.41, 5.74) is 2.58. The summed E-state index contributed by atoms with van der Waals surface area (Å²) < 4.78 is 0. The highest BCUT2D eigenvalue weighted by Crippen LogP contribution is 2.14. The van der Waals surface area contributed by atoms with Crippen molar-refractivity contribution in [2.45, 2.75) is 39.0 Å². The number of carboxylic acid groups (broad SMARTS) is 2. The van der Waals surface area contributed by atoms with Gasteiger partial charge in [-0.2, -0.15) is 5.10 Å². The normalized spacial score (nSPS) is 14.5. The second-order valence-electron chi connectivity index (χ2n) is 5.69. The zero-order valence-corrected chi connectivity index (χ0v) is 13.6. The molecule has 1 fully saturated rings. The summed E-state index contributed by atoms with van der Waals surface area (Å²) >= 11 is 0. The van der Waals surface area contributed by atoms with Gasteiger partial charge in [-0.15, -0.1) is 0 Å². The first kappa shape index (κ1) is 18.7. The molecule has 0 spiro atoms. The predicted octanol–water partition coefficient (Wildman–Crippen LogP) is 2.79. The third kappa shape index (κ3) is 7.44. The molecule has 1 heterocycles. The van der Waals surface area contributed by atoms with Crippen molar-refractivity contribution in [2.24, 2.45) is 5.10 Å². The van der Waals surface area contributed by atoms with Gasteiger partial charge >= 0.3 is 11.9 Å². The smallest absolute Gasteiger partial charge is 0.414 e. The van der Waals surface area contributed by atoms with Crippen molar-refractivity contribution in [3.8, 4) is 0 Å². The van der Waals surface area contributed by atoms with E-state index >= 15 is 0 Å². The summed E-state index contributed by atoms with van der Waals surface area (Å²) in [7, 11) is 0. The number of nitrogens with zero attached hydrogens (tertiary/aromatic N) is 2. The van der Waals surface area contributed by atoms with Crippen LogP contribution in [0, 0.1) is 0 Å². The number of benzene rings is 1. The second-order valence-corrected chi connectivity index (χ2v) is 5.69. The molecular weight excluding hydrogens is 296 g/mol. The molecule has 6 nitrogen and oxygen atoms in total. The highest BCUT2D eigenvalue weighted by atomic mass is 16.4. The molecule has 0 aromatic heterocycles. The number of hydrogen-bond acceptors (Lipinski definition) is 4. The van der Waals surface area contributed by atoms with Crippen molar-refractivity contribution in [3.05, 3.63) is 35.4 Å². The van der Waals surface area contributed by atoms with Crippen molar-refractivity contribution in [1.29, 1.82) is 0 Å². The van der Waals surface area contributed by atoms with Crippen molar-refractivity contribution >= 4 is 18.2 Å². The molecule has 1 aliphatic rings. The maximum atomic E-state index is 9.10. The summed E-state index contributed by atoms with van der Waals surface area (Å²) in [6.07, 6.45) is 5.90. The van der Waals surface area contributed by atoms with E-state index in [4.69, 9.17) is 19.8 Å². The number of carbonyl (C=O) groups is 2. The van der Waals surface area contributed by atoms with E-state index in [9.17, 15) is 0 Å². The van der Waals surface area contributed by atoms with Crippen molar-refractivity contribution < 1.29 is 19.8 Å².